The second-order valence-electron chi connectivity index (χ2n) is 4.95. The molecule has 1 N–H and O–H groups in total. The SMILES string of the molecule is Cc1cccc2c(-c3ncc4ccccc4n3)c[nH]c12. The van der Waals surface area contributed by atoms with Crippen LogP contribution in [0.4, 0.5) is 0 Å². The summed E-state index contributed by atoms with van der Waals surface area (Å²) in [5, 5.41) is 2.23. The molecule has 0 saturated carbocycles. The number of fused-ring (bicyclic) bond motifs is 2. The van der Waals surface area contributed by atoms with E-state index in [4.69, 9.17) is 0 Å². The molecule has 0 spiro atoms. The predicted octanol–water partition coefficient (Wildman–Crippen LogP) is 4.09. The Labute approximate surface area is 116 Å². The van der Waals surface area contributed by atoms with Crippen molar-refractivity contribution in [2.45, 2.75) is 6.92 Å². The quantitative estimate of drug-likeness (QED) is 0.559. The van der Waals surface area contributed by atoms with E-state index in [1.165, 1.54) is 10.9 Å². The summed E-state index contributed by atoms with van der Waals surface area (Å²) in [7, 11) is 0. The van der Waals surface area contributed by atoms with Crippen molar-refractivity contribution in [3.8, 4) is 11.4 Å². The average molecular weight is 259 g/mol. The number of hydrogen-bond donors (Lipinski definition) is 1. The van der Waals surface area contributed by atoms with Crippen LogP contribution in [0.5, 0.6) is 0 Å². The maximum Gasteiger partial charge on any atom is 0.161 e. The maximum absolute atomic E-state index is 4.67. The largest absolute Gasteiger partial charge is 0.360 e. The third-order valence-electron chi connectivity index (χ3n) is 3.65. The molecule has 4 aromatic rings. The molecule has 0 saturated heterocycles. The number of nitrogens with zero attached hydrogens (tertiary/aromatic N) is 2. The number of rotatable bonds is 1. The zero-order valence-electron chi connectivity index (χ0n) is 11.1. The van der Waals surface area contributed by atoms with Gasteiger partial charge in [0.2, 0.25) is 0 Å². The number of benzene rings is 2. The van der Waals surface area contributed by atoms with Crippen molar-refractivity contribution in [1.29, 1.82) is 0 Å². The summed E-state index contributed by atoms with van der Waals surface area (Å²) in [6.07, 6.45) is 3.87. The van der Waals surface area contributed by atoms with Crippen molar-refractivity contribution in [3.05, 3.63) is 60.4 Å². The summed E-state index contributed by atoms with van der Waals surface area (Å²) in [6.45, 7) is 2.10. The lowest BCUT2D eigenvalue weighted by atomic mass is 10.1. The number of nitrogens with one attached hydrogen (secondary N) is 1. The minimum atomic E-state index is 0.764. The van der Waals surface area contributed by atoms with Gasteiger partial charge >= 0.3 is 0 Å². The summed E-state index contributed by atoms with van der Waals surface area (Å²) < 4.78 is 0. The first kappa shape index (κ1) is 11.2. The Bertz CT molecular complexity index is 922. The van der Waals surface area contributed by atoms with E-state index in [-0.39, 0.29) is 0 Å². The number of aromatic amines is 1. The number of H-pyrrole nitrogens is 1. The van der Waals surface area contributed by atoms with Crippen LogP contribution in [0.25, 0.3) is 33.2 Å². The smallest absolute Gasteiger partial charge is 0.161 e. The molecule has 3 heteroatoms. The molecule has 20 heavy (non-hydrogen) atoms. The van der Waals surface area contributed by atoms with Crippen LogP contribution in [0.3, 0.4) is 0 Å². The lowest BCUT2D eigenvalue weighted by Crippen LogP contribution is -1.88. The first-order chi connectivity index (χ1) is 9.83. The van der Waals surface area contributed by atoms with Gasteiger partial charge in [-0.3, -0.25) is 0 Å². The second-order valence-corrected chi connectivity index (χ2v) is 4.95. The molecule has 3 nitrogen and oxygen atoms in total. The van der Waals surface area contributed by atoms with Gasteiger partial charge in [-0.25, -0.2) is 9.97 Å². The Morgan fingerprint density at radius 1 is 1.00 bits per heavy atom. The molecule has 0 radical (unpaired) electrons. The van der Waals surface area contributed by atoms with E-state index >= 15 is 0 Å². The number of para-hydroxylation sites is 2. The van der Waals surface area contributed by atoms with Gasteiger partial charge in [-0.05, 0) is 18.6 Å². The summed E-state index contributed by atoms with van der Waals surface area (Å²) in [6, 6.07) is 14.3. The van der Waals surface area contributed by atoms with E-state index in [0.29, 0.717) is 0 Å². The highest BCUT2D eigenvalue weighted by atomic mass is 14.9. The van der Waals surface area contributed by atoms with Crippen LogP contribution in [-0.4, -0.2) is 15.0 Å². The van der Waals surface area contributed by atoms with E-state index < -0.39 is 0 Å². The van der Waals surface area contributed by atoms with E-state index in [1.807, 2.05) is 36.7 Å². The van der Waals surface area contributed by atoms with Crippen molar-refractivity contribution in [2.24, 2.45) is 0 Å². The molecule has 0 aliphatic carbocycles. The van der Waals surface area contributed by atoms with Gasteiger partial charge in [0.05, 0.1) is 5.52 Å². The summed E-state index contributed by atoms with van der Waals surface area (Å²) in [5.41, 5.74) is 4.41. The average Bonchev–Trinajstić information content (AvgIpc) is 2.92. The minimum absolute atomic E-state index is 0.764. The lowest BCUT2D eigenvalue weighted by Gasteiger charge is -2.01. The van der Waals surface area contributed by atoms with Crippen LogP contribution in [0, 0.1) is 6.92 Å². The third-order valence-corrected chi connectivity index (χ3v) is 3.65. The van der Waals surface area contributed by atoms with Gasteiger partial charge in [0.25, 0.3) is 0 Å². The fourth-order valence-corrected chi connectivity index (χ4v) is 2.59. The molecule has 0 amide bonds. The molecule has 2 aromatic heterocycles. The molecule has 2 heterocycles. The number of aromatic nitrogens is 3. The van der Waals surface area contributed by atoms with E-state index in [1.54, 1.807) is 0 Å². The van der Waals surface area contributed by atoms with Gasteiger partial charge < -0.3 is 4.98 Å². The second kappa shape index (κ2) is 4.17. The van der Waals surface area contributed by atoms with Gasteiger partial charge in [-0.1, -0.05) is 36.4 Å². The highest BCUT2D eigenvalue weighted by molar-refractivity contribution is 5.96. The lowest BCUT2D eigenvalue weighted by molar-refractivity contribution is 1.23. The van der Waals surface area contributed by atoms with E-state index in [0.717, 1.165) is 27.8 Å². The van der Waals surface area contributed by atoms with Crippen molar-refractivity contribution in [3.63, 3.8) is 0 Å². The molecule has 0 fully saturated rings. The first-order valence-electron chi connectivity index (χ1n) is 6.62. The monoisotopic (exact) mass is 259 g/mol. The summed E-state index contributed by atoms with van der Waals surface area (Å²) in [4.78, 5) is 12.5. The van der Waals surface area contributed by atoms with Crippen LogP contribution < -0.4 is 0 Å². The van der Waals surface area contributed by atoms with Crippen molar-refractivity contribution < 1.29 is 0 Å². The van der Waals surface area contributed by atoms with Crippen LogP contribution in [0.15, 0.2) is 54.9 Å². The highest BCUT2D eigenvalue weighted by Crippen LogP contribution is 2.28. The molecule has 2 aromatic carbocycles. The van der Waals surface area contributed by atoms with Crippen LogP contribution in [-0.2, 0) is 0 Å². The zero-order valence-corrected chi connectivity index (χ0v) is 11.1. The van der Waals surface area contributed by atoms with Gasteiger partial charge in [0, 0.05) is 34.2 Å². The molecule has 0 unspecified atom stereocenters. The third kappa shape index (κ3) is 1.60. The molecule has 0 aliphatic heterocycles. The zero-order chi connectivity index (χ0) is 13.5. The normalized spacial score (nSPS) is 11.2. The van der Waals surface area contributed by atoms with Crippen LogP contribution in [0.1, 0.15) is 5.56 Å². The highest BCUT2D eigenvalue weighted by Gasteiger charge is 2.10. The maximum atomic E-state index is 4.67. The molecule has 0 atom stereocenters. The predicted molar refractivity (Wildman–Crippen MR) is 81.6 cm³/mol. The van der Waals surface area contributed by atoms with Gasteiger partial charge in [0.1, 0.15) is 0 Å². The Morgan fingerprint density at radius 2 is 1.90 bits per heavy atom. The standard InChI is InChI=1S/C17H13N3/c1-11-5-4-7-13-14(10-18-16(11)13)17-19-9-12-6-2-3-8-15(12)20-17/h2-10,18H,1H3. The number of hydrogen-bond acceptors (Lipinski definition) is 2. The molecule has 0 bridgehead atoms. The number of aryl methyl sites for hydroxylation is 1. The molecule has 96 valence electrons. The Morgan fingerprint density at radius 3 is 2.85 bits per heavy atom. The fourth-order valence-electron chi connectivity index (χ4n) is 2.59. The molecular weight excluding hydrogens is 246 g/mol. The first-order valence-corrected chi connectivity index (χ1v) is 6.62. The topological polar surface area (TPSA) is 41.6 Å². The van der Waals surface area contributed by atoms with Gasteiger partial charge in [-0.2, -0.15) is 0 Å². The van der Waals surface area contributed by atoms with Gasteiger partial charge in [-0.15, -0.1) is 0 Å². The Kier molecular flexibility index (Phi) is 2.33. The van der Waals surface area contributed by atoms with E-state index in [9.17, 15) is 0 Å². The Hall–Kier alpha value is -2.68. The fraction of sp³-hybridized carbons (Fsp3) is 0.0588. The summed E-state index contributed by atoms with van der Waals surface area (Å²) in [5.74, 6) is 0.764. The molecule has 0 aliphatic rings. The summed E-state index contributed by atoms with van der Waals surface area (Å²) >= 11 is 0. The van der Waals surface area contributed by atoms with E-state index in [2.05, 4.69) is 40.1 Å². The van der Waals surface area contributed by atoms with Crippen molar-refractivity contribution in [1.82, 2.24) is 15.0 Å². The van der Waals surface area contributed by atoms with Crippen LogP contribution in [0.2, 0.25) is 0 Å². The Balaban J connectivity index is 1.99. The minimum Gasteiger partial charge on any atom is -0.360 e. The van der Waals surface area contributed by atoms with Crippen molar-refractivity contribution in [2.75, 3.05) is 0 Å². The van der Waals surface area contributed by atoms with Crippen molar-refractivity contribution >= 4 is 21.8 Å². The van der Waals surface area contributed by atoms with Gasteiger partial charge in [0.15, 0.2) is 5.82 Å². The molecule has 4 rings (SSSR count). The molecular formula is C17H13N3. The van der Waals surface area contributed by atoms with Crippen LogP contribution >= 0.6 is 0 Å².